The highest BCUT2D eigenvalue weighted by molar-refractivity contribution is 6.30. The maximum Gasteiger partial charge on any atom is 0.280 e. The van der Waals surface area contributed by atoms with Crippen LogP contribution in [0.25, 0.3) is 16.6 Å². The van der Waals surface area contributed by atoms with Crippen molar-refractivity contribution >= 4 is 34.1 Å². The zero-order valence-electron chi connectivity index (χ0n) is 18.8. The predicted molar refractivity (Wildman–Crippen MR) is 140 cm³/mol. The Balaban J connectivity index is 1.74. The van der Waals surface area contributed by atoms with E-state index in [1.807, 2.05) is 36.4 Å². The van der Waals surface area contributed by atoms with Crippen LogP contribution in [0.5, 0.6) is 5.75 Å². The Morgan fingerprint density at radius 1 is 0.857 bits per heavy atom. The van der Waals surface area contributed by atoms with Crippen LogP contribution in [0.4, 0.5) is 0 Å². The molecule has 0 spiro atoms. The first-order valence-corrected chi connectivity index (χ1v) is 11.7. The number of ether oxygens (including phenoxy) is 1. The van der Waals surface area contributed by atoms with Gasteiger partial charge in [-0.3, -0.25) is 14.7 Å². The molecule has 176 valence electrons. The van der Waals surface area contributed by atoms with Crippen LogP contribution in [-0.4, -0.2) is 21.5 Å². The van der Waals surface area contributed by atoms with Crippen molar-refractivity contribution in [3.8, 4) is 11.4 Å². The Bertz CT molecular complexity index is 1650. The molecule has 6 nitrogen and oxygen atoms in total. The van der Waals surface area contributed by atoms with E-state index in [0.717, 1.165) is 11.1 Å². The van der Waals surface area contributed by atoms with Gasteiger partial charge in [-0.15, -0.1) is 0 Å². The molecule has 5 rings (SSSR count). The molecule has 0 aliphatic heterocycles. The summed E-state index contributed by atoms with van der Waals surface area (Å²) in [5, 5.41) is 4.65. The van der Waals surface area contributed by atoms with Crippen LogP contribution >= 0.6 is 23.2 Å². The van der Waals surface area contributed by atoms with Gasteiger partial charge in [-0.1, -0.05) is 53.5 Å². The highest BCUT2D eigenvalue weighted by Gasteiger charge is 2.19. The first-order valence-electron chi connectivity index (χ1n) is 10.9. The number of aromatic nitrogens is 3. The van der Waals surface area contributed by atoms with E-state index in [-0.39, 0.29) is 11.1 Å². The van der Waals surface area contributed by atoms with E-state index < -0.39 is 0 Å². The Morgan fingerprint density at radius 2 is 1.63 bits per heavy atom. The Morgan fingerprint density at radius 3 is 2.37 bits per heavy atom. The molecule has 0 amide bonds. The first-order chi connectivity index (χ1) is 16.9. The number of fused-ring (bicyclic) bond motifs is 1. The zero-order chi connectivity index (χ0) is 24.5. The summed E-state index contributed by atoms with van der Waals surface area (Å²) in [4.78, 5) is 27.0. The minimum atomic E-state index is -0.259. The molecule has 0 saturated carbocycles. The minimum absolute atomic E-state index is 0.218. The maximum absolute atomic E-state index is 13.7. The van der Waals surface area contributed by atoms with Crippen LogP contribution in [0.3, 0.4) is 0 Å². The van der Waals surface area contributed by atoms with E-state index in [1.165, 1.54) is 10.7 Å². The van der Waals surface area contributed by atoms with Crippen molar-refractivity contribution in [2.24, 2.45) is 0 Å². The third kappa shape index (κ3) is 4.63. The van der Waals surface area contributed by atoms with Crippen LogP contribution in [0.2, 0.25) is 10.0 Å². The Labute approximate surface area is 210 Å². The van der Waals surface area contributed by atoms with Gasteiger partial charge in [0.15, 0.2) is 0 Å². The van der Waals surface area contributed by atoms with Crippen LogP contribution in [0.1, 0.15) is 16.8 Å². The van der Waals surface area contributed by atoms with Gasteiger partial charge >= 0.3 is 0 Å². The fourth-order valence-corrected chi connectivity index (χ4v) is 4.52. The average Bonchev–Trinajstić information content (AvgIpc) is 3.18. The van der Waals surface area contributed by atoms with Gasteiger partial charge in [0.05, 0.1) is 30.2 Å². The number of H-pyrrole nitrogens is 1. The SMILES string of the molecule is COc1cccc(Cc2c3c(=O)n(-c4cccc(Cl)c4)[nH]c3cc(=O)n2Cc2ccc(Cl)cc2)c1. The van der Waals surface area contributed by atoms with E-state index in [9.17, 15) is 9.59 Å². The molecular formula is C27H21Cl2N3O3. The lowest BCUT2D eigenvalue weighted by Crippen LogP contribution is -2.25. The summed E-state index contributed by atoms with van der Waals surface area (Å²) < 4.78 is 8.43. The third-order valence-electron chi connectivity index (χ3n) is 5.89. The van der Waals surface area contributed by atoms with Crippen molar-refractivity contribution in [1.82, 2.24) is 14.3 Å². The van der Waals surface area contributed by atoms with Crippen LogP contribution in [0, 0.1) is 0 Å². The van der Waals surface area contributed by atoms with Gasteiger partial charge in [0, 0.05) is 28.2 Å². The smallest absolute Gasteiger partial charge is 0.280 e. The second-order valence-electron chi connectivity index (χ2n) is 8.19. The summed E-state index contributed by atoms with van der Waals surface area (Å²) in [6, 6.07) is 23.3. The van der Waals surface area contributed by atoms with Crippen molar-refractivity contribution in [3.05, 3.63) is 126 Å². The summed E-state index contributed by atoms with van der Waals surface area (Å²) in [6.07, 6.45) is 0.361. The van der Waals surface area contributed by atoms with Crippen molar-refractivity contribution < 1.29 is 4.74 Å². The van der Waals surface area contributed by atoms with Gasteiger partial charge in [-0.2, -0.15) is 0 Å². The van der Waals surface area contributed by atoms with Crippen molar-refractivity contribution in [3.63, 3.8) is 0 Å². The maximum atomic E-state index is 13.7. The van der Waals surface area contributed by atoms with Gasteiger partial charge < -0.3 is 9.30 Å². The number of rotatable bonds is 6. The molecule has 0 atom stereocenters. The lowest BCUT2D eigenvalue weighted by atomic mass is 10.1. The number of nitrogens with zero attached hydrogens (tertiary/aromatic N) is 2. The van der Waals surface area contributed by atoms with Crippen molar-refractivity contribution in [2.45, 2.75) is 13.0 Å². The topological polar surface area (TPSA) is 69.0 Å². The Kier molecular flexibility index (Phi) is 6.24. The lowest BCUT2D eigenvalue weighted by molar-refractivity contribution is 0.414. The minimum Gasteiger partial charge on any atom is -0.497 e. The fraction of sp³-hybridized carbons (Fsp3) is 0.111. The zero-order valence-corrected chi connectivity index (χ0v) is 20.3. The van der Waals surface area contributed by atoms with E-state index in [4.69, 9.17) is 27.9 Å². The van der Waals surface area contributed by atoms with E-state index in [1.54, 1.807) is 48.1 Å². The number of halogens is 2. The molecule has 0 fully saturated rings. The molecule has 8 heteroatoms. The Hall–Kier alpha value is -3.74. The highest BCUT2D eigenvalue weighted by Crippen LogP contribution is 2.22. The number of pyridine rings is 1. The molecule has 35 heavy (non-hydrogen) atoms. The lowest BCUT2D eigenvalue weighted by Gasteiger charge is -2.14. The first kappa shape index (κ1) is 23.0. The number of hydrogen-bond acceptors (Lipinski definition) is 3. The molecule has 0 bridgehead atoms. The molecule has 2 heterocycles. The molecule has 0 aliphatic rings. The normalized spacial score (nSPS) is 11.2. The highest BCUT2D eigenvalue weighted by atomic mass is 35.5. The van der Waals surface area contributed by atoms with E-state index >= 15 is 0 Å². The van der Waals surface area contributed by atoms with Crippen LogP contribution in [-0.2, 0) is 13.0 Å². The molecule has 2 aromatic heterocycles. The summed E-state index contributed by atoms with van der Waals surface area (Å²) in [6.45, 7) is 0.299. The number of benzene rings is 3. The van der Waals surface area contributed by atoms with Crippen LogP contribution < -0.4 is 15.9 Å². The molecule has 0 saturated heterocycles. The second kappa shape index (κ2) is 9.49. The molecule has 1 N–H and O–H groups in total. The summed E-state index contributed by atoms with van der Waals surface area (Å²) in [7, 11) is 1.60. The summed E-state index contributed by atoms with van der Waals surface area (Å²) in [5.74, 6) is 0.701. The molecule has 0 radical (unpaired) electrons. The van der Waals surface area contributed by atoms with Gasteiger partial charge in [0.2, 0.25) is 0 Å². The molecule has 3 aromatic carbocycles. The van der Waals surface area contributed by atoms with E-state index in [0.29, 0.717) is 51.0 Å². The number of hydrogen-bond donors (Lipinski definition) is 1. The third-order valence-corrected chi connectivity index (χ3v) is 6.38. The van der Waals surface area contributed by atoms with Crippen LogP contribution in [0.15, 0.2) is 88.5 Å². The van der Waals surface area contributed by atoms with E-state index in [2.05, 4.69) is 5.10 Å². The van der Waals surface area contributed by atoms with Gasteiger partial charge in [-0.05, 0) is 53.6 Å². The molecule has 5 aromatic rings. The van der Waals surface area contributed by atoms with Gasteiger partial charge in [0.1, 0.15) is 5.75 Å². The van der Waals surface area contributed by atoms with Crippen molar-refractivity contribution in [1.29, 1.82) is 0 Å². The molecular weight excluding hydrogens is 485 g/mol. The largest absolute Gasteiger partial charge is 0.497 e. The standard InChI is InChI=1S/C27H21Cl2N3O3/c1-35-22-7-2-4-18(12-22)13-24-26-23(30-32(27(26)34)21-6-3-5-20(29)14-21)15-25(33)31(24)16-17-8-10-19(28)11-9-17/h2-12,14-15,30H,13,16H2,1H3. The van der Waals surface area contributed by atoms with Gasteiger partial charge in [-0.25, -0.2) is 4.68 Å². The number of methoxy groups -OCH3 is 1. The fourth-order valence-electron chi connectivity index (χ4n) is 4.21. The number of aromatic amines is 1. The molecule has 0 aliphatic carbocycles. The number of nitrogens with one attached hydrogen (secondary N) is 1. The average molecular weight is 506 g/mol. The van der Waals surface area contributed by atoms with Crippen molar-refractivity contribution in [2.75, 3.05) is 7.11 Å². The predicted octanol–water partition coefficient (Wildman–Crippen LogP) is 5.44. The molecule has 0 unspecified atom stereocenters. The van der Waals surface area contributed by atoms with Gasteiger partial charge in [0.25, 0.3) is 11.1 Å². The second-order valence-corrected chi connectivity index (χ2v) is 9.06. The quantitative estimate of drug-likeness (QED) is 0.334. The monoisotopic (exact) mass is 505 g/mol. The summed E-state index contributed by atoms with van der Waals surface area (Å²) in [5.41, 5.74) is 2.99. The summed E-state index contributed by atoms with van der Waals surface area (Å²) >= 11 is 12.2.